The highest BCUT2D eigenvalue weighted by Gasteiger charge is 2.12. The van der Waals surface area contributed by atoms with E-state index in [0.29, 0.717) is 16.9 Å². The van der Waals surface area contributed by atoms with Gasteiger partial charge in [-0.1, -0.05) is 16.5 Å². The molecule has 2 rings (SSSR count). The molecule has 1 heterocycles. The predicted octanol–water partition coefficient (Wildman–Crippen LogP) is 2.11. The average Bonchev–Trinajstić information content (AvgIpc) is 2.97. The first-order valence-corrected chi connectivity index (χ1v) is 6.74. The minimum Gasteiger partial charge on any atom is -0.399 e. The van der Waals surface area contributed by atoms with Gasteiger partial charge in [0, 0.05) is 28.4 Å². The number of nitro groups is 1. The molecule has 114 valence electrons. The van der Waals surface area contributed by atoms with Crippen LogP contribution in [0, 0.1) is 10.1 Å². The summed E-state index contributed by atoms with van der Waals surface area (Å²) in [6, 6.07) is 7.64. The molecule has 0 bridgehead atoms. The zero-order valence-corrected chi connectivity index (χ0v) is 11.9. The van der Waals surface area contributed by atoms with Crippen LogP contribution in [0.15, 0.2) is 40.9 Å². The third-order valence-corrected chi connectivity index (χ3v) is 3.33. The van der Waals surface area contributed by atoms with Gasteiger partial charge in [0.25, 0.3) is 0 Å². The smallest absolute Gasteiger partial charge is 0.399 e. The topological polar surface area (TPSA) is 146 Å². The summed E-state index contributed by atoms with van der Waals surface area (Å²) in [5.74, 6) is -0.142. The van der Waals surface area contributed by atoms with Crippen molar-refractivity contribution in [1.82, 2.24) is 0 Å². The number of nitrogens with zero attached hydrogens (tertiary/aromatic N) is 2. The summed E-state index contributed by atoms with van der Waals surface area (Å²) in [7, 11) is 0. The molecule has 10 heteroatoms. The third kappa shape index (κ3) is 3.93. The van der Waals surface area contributed by atoms with Crippen molar-refractivity contribution in [3.63, 3.8) is 0 Å². The Labute approximate surface area is 128 Å². The molecule has 0 aliphatic carbocycles. The number of amidine groups is 1. The molecule has 0 radical (unpaired) electrons. The lowest BCUT2D eigenvalue weighted by molar-refractivity contribution is -0.380. The van der Waals surface area contributed by atoms with Crippen molar-refractivity contribution in [2.24, 2.45) is 10.9 Å². The zero-order valence-electron chi connectivity index (χ0n) is 11.1. The molecule has 0 atom stereocenters. The highest BCUT2D eigenvalue weighted by atomic mass is 32.1. The van der Waals surface area contributed by atoms with Crippen LogP contribution >= 0.6 is 11.3 Å². The van der Waals surface area contributed by atoms with Crippen LogP contribution < -0.4 is 16.8 Å². The maximum atomic E-state index is 11.5. The van der Waals surface area contributed by atoms with Gasteiger partial charge in [-0.3, -0.25) is 20.3 Å². The Balaban J connectivity index is 1.96. The lowest BCUT2D eigenvalue weighted by Gasteiger charge is -2.03. The predicted molar refractivity (Wildman–Crippen MR) is 82.7 cm³/mol. The maximum Gasteiger partial charge on any atom is 0.437 e. The Kier molecular flexibility index (Phi) is 4.53. The van der Waals surface area contributed by atoms with Crippen molar-refractivity contribution in [2.75, 3.05) is 11.1 Å². The fourth-order valence-corrected chi connectivity index (χ4v) is 2.12. The van der Waals surface area contributed by atoms with Gasteiger partial charge in [-0.25, -0.2) is 4.79 Å². The number of carbonyl (C=O) groups is 1. The van der Waals surface area contributed by atoms with Gasteiger partial charge in [-0.2, -0.15) is 0 Å². The number of amides is 1. The lowest BCUT2D eigenvalue weighted by Crippen LogP contribution is -2.17. The van der Waals surface area contributed by atoms with E-state index in [0.717, 1.165) is 11.3 Å². The number of nitrogens with one attached hydrogen (secondary N) is 1. The number of anilines is 2. The van der Waals surface area contributed by atoms with Gasteiger partial charge in [0.1, 0.15) is 0 Å². The molecular formula is C12H11N5O4S. The van der Waals surface area contributed by atoms with E-state index < -0.39 is 11.0 Å². The Morgan fingerprint density at radius 1 is 1.36 bits per heavy atom. The van der Waals surface area contributed by atoms with E-state index in [9.17, 15) is 14.9 Å². The molecule has 5 N–H and O–H groups in total. The molecule has 1 amide bonds. The second-order valence-corrected chi connectivity index (χ2v) is 4.92. The highest BCUT2D eigenvalue weighted by molar-refractivity contribution is 7.13. The summed E-state index contributed by atoms with van der Waals surface area (Å²) in [5, 5.41) is 17.8. The first kappa shape index (κ1) is 15.3. The summed E-state index contributed by atoms with van der Waals surface area (Å²) in [6.07, 6.45) is -0.850. The molecule has 9 nitrogen and oxygen atoms in total. The van der Waals surface area contributed by atoms with Crippen molar-refractivity contribution < 1.29 is 14.6 Å². The molecule has 1 aromatic heterocycles. The van der Waals surface area contributed by atoms with Gasteiger partial charge in [0.05, 0.1) is 4.92 Å². The number of hydrogen-bond donors (Lipinski definition) is 3. The van der Waals surface area contributed by atoms with Crippen molar-refractivity contribution in [2.45, 2.75) is 0 Å². The summed E-state index contributed by atoms with van der Waals surface area (Å²) >= 11 is 0.896. The summed E-state index contributed by atoms with van der Waals surface area (Å²) in [5.41, 5.74) is 12.4. The van der Waals surface area contributed by atoms with Crippen LogP contribution in [0.4, 0.5) is 21.2 Å². The molecule has 0 saturated carbocycles. The molecule has 0 fully saturated rings. The number of rotatable bonds is 4. The van der Waals surface area contributed by atoms with Crippen LogP contribution in [0.1, 0.15) is 5.56 Å². The summed E-state index contributed by atoms with van der Waals surface area (Å²) in [6.45, 7) is 0. The quantitative estimate of drug-likeness (QED) is 0.196. The monoisotopic (exact) mass is 321 g/mol. The fourth-order valence-electron chi connectivity index (χ4n) is 1.41. The highest BCUT2D eigenvalue weighted by Crippen LogP contribution is 2.22. The van der Waals surface area contributed by atoms with Crippen LogP contribution in [0.5, 0.6) is 0 Å². The van der Waals surface area contributed by atoms with Gasteiger partial charge in [-0.15, -0.1) is 0 Å². The average molecular weight is 321 g/mol. The van der Waals surface area contributed by atoms with Gasteiger partial charge >= 0.3 is 11.1 Å². The first-order valence-electron chi connectivity index (χ1n) is 5.86. The van der Waals surface area contributed by atoms with E-state index in [1.807, 2.05) is 0 Å². The van der Waals surface area contributed by atoms with Crippen LogP contribution in [-0.2, 0) is 4.84 Å². The van der Waals surface area contributed by atoms with E-state index in [4.69, 9.17) is 11.5 Å². The number of hydrogen-bond acceptors (Lipinski definition) is 7. The van der Waals surface area contributed by atoms with Gasteiger partial charge < -0.3 is 11.5 Å². The van der Waals surface area contributed by atoms with E-state index in [1.54, 1.807) is 24.3 Å². The standard InChI is InChI=1S/C12H11N5O4S/c13-8-1-3-9(4-2-8)15-12(18)21-16-11(14)7-5-10(17(19)20)22-6-7/h1-6H,13H2,(H2,14,16)(H,15,18). The second-order valence-electron chi connectivity index (χ2n) is 4.03. The molecule has 0 aliphatic rings. The van der Waals surface area contributed by atoms with Gasteiger partial charge in [0.2, 0.25) is 0 Å². The van der Waals surface area contributed by atoms with E-state index in [2.05, 4.69) is 15.3 Å². The Hall–Kier alpha value is -3.14. The molecule has 0 unspecified atom stereocenters. The van der Waals surface area contributed by atoms with Crippen LogP contribution in [0.3, 0.4) is 0 Å². The van der Waals surface area contributed by atoms with Crippen molar-refractivity contribution in [3.05, 3.63) is 51.4 Å². The molecule has 0 spiro atoms. The number of nitrogens with two attached hydrogens (primary N) is 2. The molecule has 2 aromatic rings. The number of thiophene rings is 1. The number of nitrogen functional groups attached to an aromatic ring is 1. The Bertz CT molecular complexity index is 725. The van der Waals surface area contributed by atoms with Crippen LogP contribution in [-0.4, -0.2) is 16.9 Å². The fraction of sp³-hybridized carbons (Fsp3) is 0. The molecule has 1 aromatic carbocycles. The van der Waals surface area contributed by atoms with E-state index in [1.165, 1.54) is 11.4 Å². The number of benzene rings is 1. The summed E-state index contributed by atoms with van der Waals surface area (Å²) in [4.78, 5) is 26.1. The van der Waals surface area contributed by atoms with Crippen LogP contribution in [0.2, 0.25) is 0 Å². The van der Waals surface area contributed by atoms with Crippen molar-refractivity contribution in [1.29, 1.82) is 0 Å². The van der Waals surface area contributed by atoms with Crippen molar-refractivity contribution >= 4 is 39.6 Å². The largest absolute Gasteiger partial charge is 0.437 e. The zero-order chi connectivity index (χ0) is 16.1. The summed E-state index contributed by atoms with van der Waals surface area (Å²) < 4.78 is 0. The number of oxime groups is 1. The van der Waals surface area contributed by atoms with E-state index >= 15 is 0 Å². The van der Waals surface area contributed by atoms with Crippen LogP contribution in [0.25, 0.3) is 0 Å². The number of carbonyl (C=O) groups excluding carboxylic acids is 1. The SMILES string of the molecule is N/C(=N/OC(=O)Nc1ccc(N)cc1)c1csc([N+](=O)[O-])c1. The molecular weight excluding hydrogens is 310 g/mol. The minimum atomic E-state index is -0.850. The first-order chi connectivity index (χ1) is 10.5. The molecule has 22 heavy (non-hydrogen) atoms. The maximum absolute atomic E-state index is 11.5. The van der Waals surface area contributed by atoms with Gasteiger partial charge in [-0.05, 0) is 24.3 Å². The Morgan fingerprint density at radius 2 is 2.05 bits per heavy atom. The van der Waals surface area contributed by atoms with E-state index in [-0.39, 0.29) is 10.8 Å². The Morgan fingerprint density at radius 3 is 2.64 bits per heavy atom. The van der Waals surface area contributed by atoms with Gasteiger partial charge in [0.15, 0.2) is 5.84 Å². The molecule has 0 saturated heterocycles. The normalized spacial score (nSPS) is 11.0. The third-order valence-electron chi connectivity index (χ3n) is 2.45. The minimum absolute atomic E-state index is 0.0838. The molecule has 0 aliphatic heterocycles. The lowest BCUT2D eigenvalue weighted by atomic mass is 10.3. The van der Waals surface area contributed by atoms with Crippen molar-refractivity contribution in [3.8, 4) is 0 Å². The second kappa shape index (κ2) is 6.54.